The molecule has 12 rings (SSSR count). The number of halogens is 1. The zero-order valence-corrected chi connectivity index (χ0v) is 33.1. The summed E-state index contributed by atoms with van der Waals surface area (Å²) in [5, 5.41) is 10.4. The van der Waals surface area contributed by atoms with Gasteiger partial charge in [-0.2, -0.15) is 0 Å². The first kappa shape index (κ1) is 32.0. The molecule has 0 saturated heterocycles. The normalized spacial score (nSPS) is 23.1. The predicted octanol–water partition coefficient (Wildman–Crippen LogP) is 15.2. The van der Waals surface area contributed by atoms with Gasteiger partial charge in [0.15, 0.2) is 0 Å². The second-order valence-corrected chi connectivity index (χ2v) is 22.6. The summed E-state index contributed by atoms with van der Waals surface area (Å²) in [6.45, 7) is 2.63. The van der Waals surface area contributed by atoms with Crippen molar-refractivity contribution in [1.82, 2.24) is 0 Å². The molecule has 264 valence electrons. The Balaban J connectivity index is 1.09. The maximum atomic E-state index is 2.69. The summed E-state index contributed by atoms with van der Waals surface area (Å²) in [4.78, 5) is 0. The van der Waals surface area contributed by atoms with Gasteiger partial charge in [-0.3, -0.25) is 0 Å². The predicted molar refractivity (Wildman–Crippen MR) is 244 cm³/mol. The summed E-state index contributed by atoms with van der Waals surface area (Å²) in [6, 6.07) is 57.4. The number of rotatable bonds is 4. The van der Waals surface area contributed by atoms with E-state index in [0.717, 1.165) is 17.8 Å². The van der Waals surface area contributed by atoms with E-state index in [1.807, 2.05) is 5.57 Å². The Morgan fingerprint density at radius 2 is 0.964 bits per heavy atom. The molecule has 0 aromatic heterocycles. The SMILES string of the molecule is CC12C=CC3CC3C1C1=C(C=CCC1)I2c1ccc(-c2c3ccccc3c(-c3c4ccccc4c(-c4ccccc4)c4ccccc34)c3ccccc23)cc1. The van der Waals surface area contributed by atoms with Gasteiger partial charge in [-0.05, 0) is 5.56 Å². The number of hydrogen-bond donors (Lipinski definition) is 0. The van der Waals surface area contributed by atoms with Crippen molar-refractivity contribution in [2.75, 3.05) is 0 Å². The number of hydrogen-bond acceptors (Lipinski definition) is 0. The molecule has 4 unspecified atom stereocenters. The quantitative estimate of drug-likeness (QED) is 0.0718. The van der Waals surface area contributed by atoms with Gasteiger partial charge in [0.25, 0.3) is 0 Å². The fraction of sp³-hybridized carbons (Fsp3) is 0.148. The third-order valence-electron chi connectivity index (χ3n) is 13.3. The van der Waals surface area contributed by atoms with Crippen LogP contribution in [0.3, 0.4) is 0 Å². The zero-order valence-electron chi connectivity index (χ0n) is 31.0. The van der Waals surface area contributed by atoms with Crippen LogP contribution in [0.5, 0.6) is 0 Å². The molecule has 4 aliphatic rings. The average Bonchev–Trinajstić information content (AvgIpc) is 3.97. The topological polar surface area (TPSA) is 0 Å². The van der Waals surface area contributed by atoms with Crippen molar-refractivity contribution in [3.05, 3.63) is 189 Å². The van der Waals surface area contributed by atoms with Crippen molar-refractivity contribution >= 4 is 62.9 Å². The monoisotopic (exact) mass is 816 g/mol. The fourth-order valence-electron chi connectivity index (χ4n) is 10.9. The van der Waals surface area contributed by atoms with Crippen molar-refractivity contribution in [3.8, 4) is 33.4 Å². The zero-order chi connectivity index (χ0) is 36.3. The van der Waals surface area contributed by atoms with Crippen LogP contribution in [0.1, 0.15) is 26.2 Å². The standard InChI is InChI=1S/C54H41I/c1-54-32-31-36-33-47(36)53(54)46-25-13-14-26-48(46)55(54)37-29-27-35(28-30-37)50-40-19-7-11-23-44(40)52(45-24-12-8-20-41(45)50)51-42-21-9-5-17-38(42)49(34-15-3-2-4-16-34)39-18-6-10-22-43(39)51/h2-12,14-24,26-32,36,47,53H,13,25,33H2,1H3. The molecule has 0 spiro atoms. The van der Waals surface area contributed by atoms with E-state index in [9.17, 15) is 0 Å². The minimum absolute atomic E-state index is 0.311. The Kier molecular flexibility index (Phi) is 7.06. The van der Waals surface area contributed by atoms with Crippen LogP contribution in [0.25, 0.3) is 76.5 Å². The van der Waals surface area contributed by atoms with Gasteiger partial charge in [-0.25, -0.2) is 0 Å². The van der Waals surface area contributed by atoms with Crippen molar-refractivity contribution < 1.29 is 0 Å². The molecule has 1 heteroatoms. The van der Waals surface area contributed by atoms with Gasteiger partial charge in [-0.1, -0.05) is 42.5 Å². The molecule has 0 N–H and O–H groups in total. The Morgan fingerprint density at radius 1 is 0.509 bits per heavy atom. The molecule has 3 aliphatic carbocycles. The molecular formula is C54H41I. The van der Waals surface area contributed by atoms with E-state index < -0.39 is 19.8 Å². The van der Waals surface area contributed by atoms with Crippen molar-refractivity contribution in [1.29, 1.82) is 0 Å². The molecule has 1 fully saturated rings. The van der Waals surface area contributed by atoms with E-state index in [1.54, 1.807) is 7.15 Å². The van der Waals surface area contributed by atoms with Gasteiger partial charge >= 0.3 is 284 Å². The van der Waals surface area contributed by atoms with Crippen molar-refractivity contribution in [2.24, 2.45) is 17.8 Å². The minimum atomic E-state index is -1.72. The summed E-state index contributed by atoms with van der Waals surface area (Å²) in [6.07, 6.45) is 14.2. The molecule has 1 heterocycles. The van der Waals surface area contributed by atoms with Gasteiger partial charge in [0, 0.05) is 0 Å². The first-order valence-electron chi connectivity index (χ1n) is 20.0. The molecule has 8 aromatic carbocycles. The molecule has 0 nitrogen and oxygen atoms in total. The summed E-state index contributed by atoms with van der Waals surface area (Å²) in [5.41, 5.74) is 9.68. The Hall–Kier alpha value is -5.25. The van der Waals surface area contributed by atoms with Crippen LogP contribution in [0.2, 0.25) is 0 Å². The molecule has 0 radical (unpaired) electrons. The number of benzene rings is 8. The first-order valence-corrected chi connectivity index (χ1v) is 23.2. The summed E-state index contributed by atoms with van der Waals surface area (Å²) >= 11 is -1.72. The van der Waals surface area contributed by atoms with Crippen molar-refractivity contribution in [3.63, 3.8) is 0 Å². The third-order valence-corrected chi connectivity index (χ3v) is 20.8. The van der Waals surface area contributed by atoms with Crippen LogP contribution in [0.4, 0.5) is 0 Å². The number of alkyl halides is 1. The molecule has 1 saturated carbocycles. The van der Waals surface area contributed by atoms with Gasteiger partial charge in [0.1, 0.15) is 0 Å². The summed E-state index contributed by atoms with van der Waals surface area (Å²) in [7, 11) is 0. The Morgan fingerprint density at radius 3 is 1.47 bits per heavy atom. The Labute approximate surface area is 330 Å². The fourth-order valence-corrected chi connectivity index (χ4v) is 19.3. The van der Waals surface area contributed by atoms with Crippen LogP contribution in [-0.4, -0.2) is 3.42 Å². The van der Waals surface area contributed by atoms with Crippen LogP contribution < -0.4 is 0 Å². The van der Waals surface area contributed by atoms with Gasteiger partial charge in [-0.15, -0.1) is 0 Å². The van der Waals surface area contributed by atoms with Gasteiger partial charge < -0.3 is 0 Å². The van der Waals surface area contributed by atoms with Crippen LogP contribution in [0.15, 0.2) is 185 Å². The van der Waals surface area contributed by atoms with E-state index in [1.165, 1.54) is 95.7 Å². The van der Waals surface area contributed by atoms with E-state index in [2.05, 4.69) is 183 Å². The molecule has 4 atom stereocenters. The number of allylic oxidation sites excluding steroid dienone is 6. The molecule has 0 amide bonds. The van der Waals surface area contributed by atoms with Crippen LogP contribution in [0, 0.1) is 21.3 Å². The van der Waals surface area contributed by atoms with Gasteiger partial charge in [0.05, 0.1) is 0 Å². The second-order valence-electron chi connectivity index (χ2n) is 16.2. The first-order chi connectivity index (χ1) is 27.2. The molecular weight excluding hydrogens is 775 g/mol. The average molecular weight is 817 g/mol. The van der Waals surface area contributed by atoms with Crippen LogP contribution >= 0.6 is 19.8 Å². The summed E-state index contributed by atoms with van der Waals surface area (Å²) in [5.74, 6) is 2.48. The Bertz CT molecular complexity index is 2870. The van der Waals surface area contributed by atoms with E-state index in [0.29, 0.717) is 3.42 Å². The molecule has 1 aliphatic heterocycles. The molecule has 0 bridgehead atoms. The van der Waals surface area contributed by atoms with Crippen LogP contribution in [-0.2, 0) is 0 Å². The maximum absolute atomic E-state index is 2.69. The van der Waals surface area contributed by atoms with Crippen molar-refractivity contribution in [2.45, 2.75) is 29.6 Å². The molecule has 55 heavy (non-hydrogen) atoms. The second kappa shape index (κ2) is 12.1. The summed E-state index contributed by atoms with van der Waals surface area (Å²) < 4.78 is 3.69. The third kappa shape index (κ3) is 4.63. The molecule has 8 aromatic rings. The van der Waals surface area contributed by atoms with E-state index in [4.69, 9.17) is 0 Å². The number of fused-ring (bicyclic) bond motifs is 8. The van der Waals surface area contributed by atoms with Gasteiger partial charge in [0.2, 0.25) is 0 Å². The van der Waals surface area contributed by atoms with E-state index >= 15 is 0 Å². The van der Waals surface area contributed by atoms with E-state index in [-0.39, 0.29) is 0 Å².